The summed E-state index contributed by atoms with van der Waals surface area (Å²) in [6, 6.07) is 5.60. The molecule has 0 bridgehead atoms. The highest BCUT2D eigenvalue weighted by molar-refractivity contribution is 14.1. The van der Waals surface area contributed by atoms with Crippen molar-refractivity contribution in [2.75, 3.05) is 26.4 Å². The van der Waals surface area contributed by atoms with E-state index in [1.54, 1.807) is 12.1 Å². The average Bonchev–Trinajstić information content (AvgIpc) is 3.32. The van der Waals surface area contributed by atoms with Crippen LogP contribution in [0.15, 0.2) is 24.3 Å². The van der Waals surface area contributed by atoms with E-state index in [4.69, 9.17) is 23.6 Å². The Morgan fingerprint density at radius 3 is 2.24 bits per heavy atom. The highest BCUT2D eigenvalue weighted by Crippen LogP contribution is 2.62. The number of hydrogen-bond donors (Lipinski definition) is 0. The van der Waals surface area contributed by atoms with Gasteiger partial charge in [0.25, 0.3) is 0 Å². The molecule has 4 atom stereocenters. The minimum absolute atomic E-state index is 0.0270. The molecule has 2 spiro atoms. The molecule has 46 heavy (non-hydrogen) atoms. The molecule has 0 radical (unpaired) electrons. The number of fused-ring (bicyclic) bond motifs is 4. The maximum Gasteiger partial charge on any atom is 0.416 e. The summed E-state index contributed by atoms with van der Waals surface area (Å²) in [4.78, 5) is 5.65. The molecule has 5 nitrogen and oxygen atoms in total. The second kappa shape index (κ2) is 11.8. The van der Waals surface area contributed by atoms with E-state index in [-0.39, 0.29) is 26.4 Å². The molecule has 0 N–H and O–H groups in total. The molecule has 7 rings (SSSR count). The minimum atomic E-state index is -4.40. The van der Waals surface area contributed by atoms with Crippen molar-refractivity contribution < 1.29 is 31.8 Å². The maximum absolute atomic E-state index is 13.6. The molecule has 10 heteroatoms. The van der Waals surface area contributed by atoms with Crippen molar-refractivity contribution in [2.45, 2.75) is 124 Å². The van der Waals surface area contributed by atoms with E-state index in [9.17, 15) is 13.2 Å². The quantitative estimate of drug-likeness (QED) is 0.176. The highest BCUT2D eigenvalue weighted by atomic mass is 127. The monoisotopic (exact) mass is 769 g/mol. The van der Waals surface area contributed by atoms with Crippen LogP contribution < -0.4 is 0 Å². The summed E-state index contributed by atoms with van der Waals surface area (Å²) >= 11 is 2.50. The zero-order valence-corrected chi connectivity index (χ0v) is 30.9. The Morgan fingerprint density at radius 2 is 1.65 bits per heavy atom. The largest absolute Gasteiger partial charge is 0.416 e. The van der Waals surface area contributed by atoms with Gasteiger partial charge in [-0.05, 0) is 79.8 Å². The molecule has 1 saturated carbocycles. The maximum atomic E-state index is 13.6. The van der Waals surface area contributed by atoms with Gasteiger partial charge in [0.1, 0.15) is 11.7 Å². The second-order valence-electron chi connectivity index (χ2n) is 15.9. The fourth-order valence-electron chi connectivity index (χ4n) is 8.31. The first kappa shape index (κ1) is 33.4. The molecule has 252 valence electrons. The van der Waals surface area contributed by atoms with Crippen molar-refractivity contribution >= 4 is 30.9 Å². The number of pyridine rings is 1. The van der Waals surface area contributed by atoms with Crippen molar-refractivity contribution in [3.8, 4) is 0 Å². The van der Waals surface area contributed by atoms with Crippen LogP contribution in [0, 0.1) is 5.41 Å². The molecule has 2 aliphatic carbocycles. The smallest absolute Gasteiger partial charge is 0.410 e. The lowest BCUT2D eigenvalue weighted by atomic mass is 9.58. The predicted octanol–water partition coefficient (Wildman–Crippen LogP) is 9.71. The van der Waals surface area contributed by atoms with Gasteiger partial charge >= 0.3 is 6.18 Å². The van der Waals surface area contributed by atoms with Gasteiger partial charge in [0, 0.05) is 54.5 Å². The summed E-state index contributed by atoms with van der Waals surface area (Å²) in [5.41, 5.74) is 5.39. The molecular weight excluding hydrogens is 722 g/mol. The number of rotatable bonds is 4. The van der Waals surface area contributed by atoms with Gasteiger partial charge in [0.15, 0.2) is 8.32 Å². The molecule has 3 unspecified atom stereocenters. The fourth-order valence-corrected chi connectivity index (χ4v) is 10.6. The van der Waals surface area contributed by atoms with Crippen LogP contribution >= 0.6 is 22.6 Å². The van der Waals surface area contributed by atoms with E-state index >= 15 is 0 Å². The number of hydrogen-bond acceptors (Lipinski definition) is 5. The first-order valence-corrected chi connectivity index (χ1v) is 21.2. The van der Waals surface area contributed by atoms with E-state index in [0.717, 1.165) is 42.5 Å². The molecular formula is C36H47F3INO4Si. The van der Waals surface area contributed by atoms with E-state index in [2.05, 4.69) is 56.5 Å². The van der Waals surface area contributed by atoms with E-state index in [1.165, 1.54) is 48.2 Å². The van der Waals surface area contributed by atoms with Crippen LogP contribution in [0.1, 0.15) is 123 Å². The van der Waals surface area contributed by atoms with Crippen LogP contribution in [-0.4, -0.2) is 43.7 Å². The SMILES string of the molecule is CC(C)(C)[Si](C)(C)OC1CC2(CCC2)Cc2nc(C3CCOCC3)c3c(c21)C1(CCOCC1I)O[C@@H]3c1ccc(C(F)(F)F)cc1. The van der Waals surface area contributed by atoms with Crippen LogP contribution in [0.3, 0.4) is 0 Å². The topological polar surface area (TPSA) is 49.8 Å². The van der Waals surface area contributed by atoms with Crippen molar-refractivity contribution in [2.24, 2.45) is 5.41 Å². The normalized spacial score (nSPS) is 29.9. The van der Waals surface area contributed by atoms with E-state index in [0.29, 0.717) is 32.8 Å². The zero-order valence-electron chi connectivity index (χ0n) is 27.7. The standard InChI is InChI=1S/C36H47F3INO4Si/c1-33(2,3)46(4,5)45-26-20-34(13-6-14-34)19-25-28(26)30-29(31(41-25)22-11-16-42-17-12-22)32(44-35(30)15-18-43-21-27(35)40)23-7-9-24(10-8-23)36(37,38)39/h7-10,22,26-27,32H,6,11-21H2,1-5H3/t26?,27?,32-,35?/m1/s1. The Morgan fingerprint density at radius 1 is 0.957 bits per heavy atom. The summed E-state index contributed by atoms with van der Waals surface area (Å²) in [6.45, 7) is 14.0. The van der Waals surface area contributed by atoms with Gasteiger partial charge in [-0.1, -0.05) is 61.9 Å². The third-order valence-electron chi connectivity index (χ3n) is 12.1. The fraction of sp³-hybridized carbons (Fsp3) is 0.694. The van der Waals surface area contributed by atoms with Gasteiger partial charge in [0.05, 0.1) is 27.9 Å². The lowest BCUT2D eigenvalue weighted by Crippen LogP contribution is -2.48. The molecule has 1 aromatic heterocycles. The Hall–Kier alpha value is -1.05. The number of alkyl halides is 4. The Kier molecular flexibility index (Phi) is 8.57. The van der Waals surface area contributed by atoms with Gasteiger partial charge < -0.3 is 18.6 Å². The molecule has 2 aromatic rings. The number of aromatic nitrogens is 1. The Bertz CT molecular complexity index is 1470. The molecule has 4 heterocycles. The lowest BCUT2D eigenvalue weighted by molar-refractivity contribution is -0.137. The molecule has 2 saturated heterocycles. The number of halogens is 4. The van der Waals surface area contributed by atoms with Gasteiger partial charge in [-0.25, -0.2) is 0 Å². The van der Waals surface area contributed by atoms with E-state index < -0.39 is 31.8 Å². The summed E-state index contributed by atoms with van der Waals surface area (Å²) < 4.78 is 67.6. The van der Waals surface area contributed by atoms with Gasteiger partial charge in [-0.15, -0.1) is 0 Å². The van der Waals surface area contributed by atoms with E-state index in [1.807, 2.05) is 0 Å². The summed E-state index contributed by atoms with van der Waals surface area (Å²) in [5, 5.41) is 0.0391. The van der Waals surface area contributed by atoms with Gasteiger partial charge in [0.2, 0.25) is 0 Å². The van der Waals surface area contributed by atoms with Crippen molar-refractivity contribution in [1.82, 2.24) is 4.98 Å². The summed E-state index contributed by atoms with van der Waals surface area (Å²) in [5.74, 6) is 0.204. The number of nitrogens with zero attached hydrogens (tertiary/aromatic N) is 1. The van der Waals surface area contributed by atoms with Crippen LogP contribution in [0.5, 0.6) is 0 Å². The van der Waals surface area contributed by atoms with Crippen LogP contribution in [0.2, 0.25) is 18.1 Å². The minimum Gasteiger partial charge on any atom is -0.410 e. The Balaban J connectivity index is 1.48. The molecule has 0 amide bonds. The zero-order chi connectivity index (χ0) is 32.7. The first-order valence-electron chi connectivity index (χ1n) is 17.0. The molecule has 3 fully saturated rings. The summed E-state index contributed by atoms with van der Waals surface area (Å²) in [7, 11) is -2.19. The number of benzene rings is 1. The van der Waals surface area contributed by atoms with Crippen molar-refractivity contribution in [3.05, 3.63) is 63.5 Å². The Labute approximate surface area is 286 Å². The molecule has 5 aliphatic rings. The van der Waals surface area contributed by atoms with Crippen LogP contribution in [0.25, 0.3) is 0 Å². The predicted molar refractivity (Wildman–Crippen MR) is 182 cm³/mol. The van der Waals surface area contributed by atoms with Crippen molar-refractivity contribution in [3.63, 3.8) is 0 Å². The number of ether oxygens (including phenoxy) is 3. The van der Waals surface area contributed by atoms with Crippen molar-refractivity contribution in [1.29, 1.82) is 0 Å². The first-order chi connectivity index (χ1) is 21.6. The second-order valence-corrected chi connectivity index (χ2v) is 22.2. The van der Waals surface area contributed by atoms with Crippen LogP contribution in [0.4, 0.5) is 13.2 Å². The summed E-state index contributed by atoms with van der Waals surface area (Å²) in [6.07, 6.45) is 3.01. The van der Waals surface area contributed by atoms with Crippen LogP contribution in [-0.2, 0) is 36.8 Å². The third kappa shape index (κ3) is 5.62. The lowest BCUT2D eigenvalue weighted by Gasteiger charge is -2.51. The third-order valence-corrected chi connectivity index (χ3v) is 17.9. The van der Waals surface area contributed by atoms with Gasteiger partial charge in [-0.2, -0.15) is 13.2 Å². The molecule has 3 aliphatic heterocycles. The highest BCUT2D eigenvalue weighted by Gasteiger charge is 2.58. The van der Waals surface area contributed by atoms with Gasteiger partial charge in [-0.3, -0.25) is 4.98 Å². The molecule has 1 aromatic carbocycles. The average molecular weight is 770 g/mol.